The SMILES string of the molecule is O=C(CCN1CCOCC1)Nc1cc(NC(=O)c2cnn(-c3ccc([N+](=O)[O-])cc3)c2)ccc1F. The molecule has 0 unspecified atom stereocenters. The highest BCUT2D eigenvalue weighted by Gasteiger charge is 2.15. The Morgan fingerprint density at radius 1 is 1.11 bits per heavy atom. The van der Waals surface area contributed by atoms with Crippen LogP contribution in [0.2, 0.25) is 0 Å². The van der Waals surface area contributed by atoms with Crippen LogP contribution in [0.3, 0.4) is 0 Å². The molecular formula is C23H23FN6O5. The number of rotatable bonds is 8. The van der Waals surface area contributed by atoms with Crippen molar-refractivity contribution >= 4 is 28.9 Å². The highest BCUT2D eigenvalue weighted by atomic mass is 19.1. The van der Waals surface area contributed by atoms with Crippen molar-refractivity contribution in [3.8, 4) is 5.69 Å². The Hall–Kier alpha value is -4.16. The summed E-state index contributed by atoms with van der Waals surface area (Å²) in [6.07, 6.45) is 3.01. The van der Waals surface area contributed by atoms with Crippen molar-refractivity contribution in [2.75, 3.05) is 43.5 Å². The van der Waals surface area contributed by atoms with Gasteiger partial charge >= 0.3 is 0 Å². The molecule has 35 heavy (non-hydrogen) atoms. The van der Waals surface area contributed by atoms with Gasteiger partial charge in [0.05, 0.1) is 41.3 Å². The van der Waals surface area contributed by atoms with Gasteiger partial charge in [-0.15, -0.1) is 0 Å². The third-order valence-corrected chi connectivity index (χ3v) is 5.43. The minimum Gasteiger partial charge on any atom is -0.379 e. The summed E-state index contributed by atoms with van der Waals surface area (Å²) < 4.78 is 20.9. The van der Waals surface area contributed by atoms with Gasteiger partial charge in [0.2, 0.25) is 5.91 Å². The summed E-state index contributed by atoms with van der Waals surface area (Å²) in [5.41, 5.74) is 0.973. The third-order valence-electron chi connectivity index (χ3n) is 5.43. The van der Waals surface area contributed by atoms with Crippen LogP contribution < -0.4 is 10.6 Å². The number of hydrogen-bond acceptors (Lipinski definition) is 7. The van der Waals surface area contributed by atoms with Gasteiger partial charge in [0.15, 0.2) is 0 Å². The van der Waals surface area contributed by atoms with E-state index in [1.54, 1.807) is 0 Å². The number of nitrogens with zero attached hydrogens (tertiary/aromatic N) is 4. The normalized spacial score (nSPS) is 13.9. The van der Waals surface area contributed by atoms with Crippen molar-refractivity contribution in [2.45, 2.75) is 6.42 Å². The van der Waals surface area contributed by atoms with Gasteiger partial charge in [-0.2, -0.15) is 5.10 Å². The molecule has 2 amide bonds. The smallest absolute Gasteiger partial charge is 0.269 e. The molecule has 0 radical (unpaired) electrons. The second-order valence-electron chi connectivity index (χ2n) is 7.85. The van der Waals surface area contributed by atoms with E-state index in [0.29, 0.717) is 31.1 Å². The standard InChI is InChI=1S/C23H23FN6O5/c24-20-6-1-17(13-21(20)27-22(31)7-8-28-9-11-35-12-10-28)26-23(32)16-14-25-29(15-16)18-2-4-19(5-3-18)30(33)34/h1-6,13-15H,7-12H2,(H,26,32)(H,27,31). The summed E-state index contributed by atoms with van der Waals surface area (Å²) in [7, 11) is 0. The fraction of sp³-hybridized carbons (Fsp3) is 0.261. The number of morpholine rings is 1. The average molecular weight is 482 g/mol. The first-order valence-electron chi connectivity index (χ1n) is 10.9. The van der Waals surface area contributed by atoms with Crippen molar-refractivity contribution < 1.29 is 23.6 Å². The van der Waals surface area contributed by atoms with Crippen molar-refractivity contribution in [3.05, 3.63) is 76.4 Å². The molecule has 11 nitrogen and oxygen atoms in total. The van der Waals surface area contributed by atoms with E-state index in [9.17, 15) is 24.1 Å². The average Bonchev–Trinajstić information content (AvgIpc) is 3.36. The summed E-state index contributed by atoms with van der Waals surface area (Å²) in [5.74, 6) is -1.44. The van der Waals surface area contributed by atoms with Gasteiger partial charge in [-0.05, 0) is 30.3 Å². The fourth-order valence-electron chi connectivity index (χ4n) is 3.51. The Kier molecular flexibility index (Phi) is 7.43. The lowest BCUT2D eigenvalue weighted by atomic mass is 10.2. The quantitative estimate of drug-likeness (QED) is 0.373. The first-order valence-corrected chi connectivity index (χ1v) is 10.9. The Morgan fingerprint density at radius 2 is 1.86 bits per heavy atom. The number of non-ortho nitro benzene ring substituents is 1. The Morgan fingerprint density at radius 3 is 2.57 bits per heavy atom. The van der Waals surface area contributed by atoms with Gasteiger partial charge in [0.25, 0.3) is 11.6 Å². The molecule has 12 heteroatoms. The van der Waals surface area contributed by atoms with Gasteiger partial charge in [0, 0.05) is 50.1 Å². The number of carbonyl (C=O) groups is 2. The van der Waals surface area contributed by atoms with Crippen LogP contribution in [0, 0.1) is 15.9 Å². The van der Waals surface area contributed by atoms with Crippen LogP contribution in [-0.2, 0) is 9.53 Å². The number of nitro groups is 1. The van der Waals surface area contributed by atoms with Crippen molar-refractivity contribution in [1.29, 1.82) is 0 Å². The van der Waals surface area contributed by atoms with E-state index in [1.807, 2.05) is 0 Å². The molecule has 3 aromatic rings. The lowest BCUT2D eigenvalue weighted by Crippen LogP contribution is -2.38. The van der Waals surface area contributed by atoms with Gasteiger partial charge < -0.3 is 15.4 Å². The minimum absolute atomic E-state index is 0.0312. The summed E-state index contributed by atoms with van der Waals surface area (Å²) in [5, 5.41) is 20.1. The highest BCUT2D eigenvalue weighted by molar-refractivity contribution is 6.04. The molecule has 0 aliphatic carbocycles. The van der Waals surface area contributed by atoms with Crippen LogP contribution in [-0.4, -0.2) is 64.3 Å². The molecule has 2 N–H and O–H groups in total. The Labute approximate surface area is 199 Å². The molecule has 0 saturated carbocycles. The molecule has 2 aromatic carbocycles. The zero-order valence-electron chi connectivity index (χ0n) is 18.6. The molecule has 182 valence electrons. The van der Waals surface area contributed by atoms with E-state index in [1.165, 1.54) is 53.5 Å². The lowest BCUT2D eigenvalue weighted by molar-refractivity contribution is -0.384. The van der Waals surface area contributed by atoms with E-state index in [0.717, 1.165) is 19.2 Å². The Balaban J connectivity index is 1.36. The van der Waals surface area contributed by atoms with Gasteiger partial charge in [-0.3, -0.25) is 24.6 Å². The molecular weight excluding hydrogens is 459 g/mol. The summed E-state index contributed by atoms with van der Waals surface area (Å²) in [6.45, 7) is 3.31. The van der Waals surface area contributed by atoms with Crippen LogP contribution >= 0.6 is 0 Å². The van der Waals surface area contributed by atoms with Crippen LogP contribution in [0.1, 0.15) is 16.8 Å². The predicted molar refractivity (Wildman–Crippen MR) is 125 cm³/mol. The number of halogens is 1. The van der Waals surface area contributed by atoms with E-state index in [-0.39, 0.29) is 29.3 Å². The largest absolute Gasteiger partial charge is 0.379 e. The lowest BCUT2D eigenvalue weighted by Gasteiger charge is -2.26. The fourth-order valence-corrected chi connectivity index (χ4v) is 3.51. The van der Waals surface area contributed by atoms with E-state index in [2.05, 4.69) is 20.6 Å². The molecule has 1 aliphatic heterocycles. The van der Waals surface area contributed by atoms with Gasteiger partial charge in [-0.1, -0.05) is 0 Å². The summed E-state index contributed by atoms with van der Waals surface area (Å²) >= 11 is 0. The van der Waals surface area contributed by atoms with E-state index in [4.69, 9.17) is 4.74 Å². The molecule has 1 saturated heterocycles. The second kappa shape index (κ2) is 10.8. The van der Waals surface area contributed by atoms with Crippen molar-refractivity contribution in [1.82, 2.24) is 14.7 Å². The number of anilines is 2. The molecule has 1 aliphatic rings. The van der Waals surface area contributed by atoms with E-state index < -0.39 is 16.6 Å². The highest BCUT2D eigenvalue weighted by Crippen LogP contribution is 2.21. The predicted octanol–water partition coefficient (Wildman–Crippen LogP) is 2.83. The first kappa shape index (κ1) is 24.0. The van der Waals surface area contributed by atoms with Crippen LogP contribution in [0.5, 0.6) is 0 Å². The number of hydrogen-bond donors (Lipinski definition) is 2. The van der Waals surface area contributed by atoms with E-state index >= 15 is 0 Å². The van der Waals surface area contributed by atoms with Gasteiger partial charge in [0.1, 0.15) is 5.82 Å². The number of amides is 2. The summed E-state index contributed by atoms with van der Waals surface area (Å²) in [6, 6.07) is 9.60. The van der Waals surface area contributed by atoms with Crippen LogP contribution in [0.4, 0.5) is 21.5 Å². The molecule has 1 fully saturated rings. The Bertz CT molecular complexity index is 1220. The molecule has 0 atom stereocenters. The number of aromatic nitrogens is 2. The molecule has 2 heterocycles. The number of ether oxygens (including phenoxy) is 1. The molecule has 0 spiro atoms. The van der Waals surface area contributed by atoms with Crippen LogP contribution in [0.15, 0.2) is 54.9 Å². The maximum absolute atomic E-state index is 14.2. The topological polar surface area (TPSA) is 132 Å². The first-order chi connectivity index (χ1) is 16.9. The second-order valence-corrected chi connectivity index (χ2v) is 7.85. The minimum atomic E-state index is -0.617. The summed E-state index contributed by atoms with van der Waals surface area (Å²) in [4.78, 5) is 37.3. The monoisotopic (exact) mass is 482 g/mol. The van der Waals surface area contributed by atoms with Crippen molar-refractivity contribution in [2.24, 2.45) is 0 Å². The third kappa shape index (κ3) is 6.25. The van der Waals surface area contributed by atoms with Crippen LogP contribution in [0.25, 0.3) is 5.69 Å². The maximum atomic E-state index is 14.2. The molecule has 1 aromatic heterocycles. The maximum Gasteiger partial charge on any atom is 0.269 e. The zero-order chi connectivity index (χ0) is 24.8. The van der Waals surface area contributed by atoms with Crippen molar-refractivity contribution in [3.63, 3.8) is 0 Å². The number of benzene rings is 2. The molecule has 4 rings (SSSR count). The number of nitro benzene ring substituents is 1. The zero-order valence-corrected chi connectivity index (χ0v) is 18.6. The van der Waals surface area contributed by atoms with Gasteiger partial charge in [-0.25, -0.2) is 9.07 Å². The number of nitrogens with one attached hydrogen (secondary N) is 2. The number of carbonyl (C=O) groups excluding carboxylic acids is 2. The molecule has 0 bridgehead atoms.